The lowest BCUT2D eigenvalue weighted by molar-refractivity contribution is -0.131. The Bertz CT molecular complexity index is 411. The zero-order chi connectivity index (χ0) is 13.8. The van der Waals surface area contributed by atoms with Gasteiger partial charge in [0, 0.05) is 6.04 Å². The van der Waals surface area contributed by atoms with E-state index in [0.717, 1.165) is 0 Å². The fraction of sp³-hybridized carbons (Fsp3) is 0.500. The standard InChI is InChI=1S/C14H19NO4/c1-9-13(16)12(15)7-11(19-9)8-18-14(17)10-5-3-2-4-6-10/h2-6,9,11-13,16H,7-8,15H2,1H3/t9-,11-,12-,13-/m0/s1. The van der Waals surface area contributed by atoms with Crippen molar-refractivity contribution in [3.8, 4) is 0 Å². The van der Waals surface area contributed by atoms with Gasteiger partial charge in [-0.15, -0.1) is 0 Å². The van der Waals surface area contributed by atoms with Gasteiger partial charge in [-0.2, -0.15) is 0 Å². The second kappa shape index (κ2) is 6.14. The van der Waals surface area contributed by atoms with Crippen molar-refractivity contribution in [2.75, 3.05) is 6.61 Å². The van der Waals surface area contributed by atoms with Gasteiger partial charge < -0.3 is 20.3 Å². The first-order chi connectivity index (χ1) is 9.08. The molecule has 5 nitrogen and oxygen atoms in total. The Morgan fingerprint density at radius 2 is 2.16 bits per heavy atom. The molecule has 0 saturated carbocycles. The van der Waals surface area contributed by atoms with Gasteiger partial charge in [-0.1, -0.05) is 18.2 Å². The molecule has 0 spiro atoms. The Morgan fingerprint density at radius 3 is 2.79 bits per heavy atom. The summed E-state index contributed by atoms with van der Waals surface area (Å²) in [6.07, 6.45) is -0.792. The van der Waals surface area contributed by atoms with E-state index >= 15 is 0 Å². The monoisotopic (exact) mass is 265 g/mol. The summed E-state index contributed by atoms with van der Waals surface area (Å²) in [6, 6.07) is 8.45. The van der Waals surface area contributed by atoms with E-state index in [-0.39, 0.29) is 30.8 Å². The van der Waals surface area contributed by atoms with Crippen LogP contribution in [0.2, 0.25) is 0 Å². The van der Waals surface area contributed by atoms with Gasteiger partial charge in [0.25, 0.3) is 0 Å². The maximum Gasteiger partial charge on any atom is 0.338 e. The van der Waals surface area contributed by atoms with Crippen LogP contribution in [0, 0.1) is 0 Å². The predicted molar refractivity (Wildman–Crippen MR) is 69.7 cm³/mol. The van der Waals surface area contributed by atoms with Crippen molar-refractivity contribution in [3.63, 3.8) is 0 Å². The first-order valence-corrected chi connectivity index (χ1v) is 6.39. The Hall–Kier alpha value is -1.43. The van der Waals surface area contributed by atoms with Crippen LogP contribution in [0.15, 0.2) is 30.3 Å². The maximum absolute atomic E-state index is 11.8. The number of nitrogens with two attached hydrogens (primary N) is 1. The highest BCUT2D eigenvalue weighted by atomic mass is 16.6. The first-order valence-electron chi connectivity index (χ1n) is 6.39. The number of hydrogen-bond donors (Lipinski definition) is 2. The van der Waals surface area contributed by atoms with Gasteiger partial charge in [0.2, 0.25) is 0 Å². The second-order valence-corrected chi connectivity index (χ2v) is 4.82. The lowest BCUT2D eigenvalue weighted by Gasteiger charge is -2.35. The summed E-state index contributed by atoms with van der Waals surface area (Å²) in [7, 11) is 0. The molecular formula is C14H19NO4. The van der Waals surface area contributed by atoms with Crippen molar-refractivity contribution in [1.29, 1.82) is 0 Å². The van der Waals surface area contributed by atoms with Crippen molar-refractivity contribution in [1.82, 2.24) is 0 Å². The molecular weight excluding hydrogens is 246 g/mol. The van der Waals surface area contributed by atoms with Crippen molar-refractivity contribution in [2.24, 2.45) is 5.73 Å². The minimum Gasteiger partial charge on any atom is -0.459 e. The summed E-state index contributed by atoms with van der Waals surface area (Å²) in [5.41, 5.74) is 6.32. The number of carbonyl (C=O) groups is 1. The van der Waals surface area contributed by atoms with Gasteiger partial charge in [-0.25, -0.2) is 4.79 Å². The molecule has 3 N–H and O–H groups in total. The summed E-state index contributed by atoms with van der Waals surface area (Å²) in [6.45, 7) is 1.91. The summed E-state index contributed by atoms with van der Waals surface area (Å²) in [5, 5.41) is 9.66. The lowest BCUT2D eigenvalue weighted by atomic mass is 9.97. The lowest BCUT2D eigenvalue weighted by Crippen LogP contribution is -2.52. The third kappa shape index (κ3) is 3.53. The molecule has 19 heavy (non-hydrogen) atoms. The maximum atomic E-state index is 11.8. The van der Waals surface area contributed by atoms with E-state index in [1.54, 1.807) is 31.2 Å². The number of hydrogen-bond acceptors (Lipinski definition) is 5. The minimum atomic E-state index is -0.666. The van der Waals surface area contributed by atoms with E-state index in [1.165, 1.54) is 0 Å². The zero-order valence-corrected chi connectivity index (χ0v) is 10.9. The summed E-state index contributed by atoms with van der Waals surface area (Å²) in [5.74, 6) is -0.378. The molecule has 1 aromatic rings. The predicted octanol–water partition coefficient (Wildman–Crippen LogP) is 0.709. The number of carbonyl (C=O) groups excluding carboxylic acids is 1. The molecule has 0 amide bonds. The molecule has 0 aliphatic carbocycles. The number of ether oxygens (including phenoxy) is 2. The van der Waals surface area contributed by atoms with E-state index in [9.17, 15) is 9.90 Å². The van der Waals surface area contributed by atoms with Crippen molar-refractivity contribution in [3.05, 3.63) is 35.9 Å². The highest BCUT2D eigenvalue weighted by Gasteiger charge is 2.33. The van der Waals surface area contributed by atoms with Crippen molar-refractivity contribution < 1.29 is 19.4 Å². The molecule has 104 valence electrons. The third-order valence-electron chi connectivity index (χ3n) is 3.27. The molecule has 5 heteroatoms. The van der Waals surface area contributed by atoms with Gasteiger partial charge in [-0.3, -0.25) is 0 Å². The van der Waals surface area contributed by atoms with Crippen molar-refractivity contribution >= 4 is 5.97 Å². The Balaban J connectivity index is 1.84. The molecule has 0 aromatic heterocycles. The van der Waals surface area contributed by atoms with E-state index in [0.29, 0.717) is 12.0 Å². The highest BCUT2D eigenvalue weighted by molar-refractivity contribution is 5.89. The molecule has 1 aromatic carbocycles. The van der Waals surface area contributed by atoms with Gasteiger partial charge in [0.1, 0.15) is 6.61 Å². The number of esters is 1. The van der Waals surface area contributed by atoms with Gasteiger partial charge >= 0.3 is 5.97 Å². The smallest absolute Gasteiger partial charge is 0.338 e. The molecule has 2 rings (SSSR count). The quantitative estimate of drug-likeness (QED) is 0.787. The number of aliphatic hydroxyl groups is 1. The van der Waals surface area contributed by atoms with Crippen LogP contribution in [0.1, 0.15) is 23.7 Å². The molecule has 0 unspecified atom stereocenters. The summed E-state index contributed by atoms with van der Waals surface area (Å²) in [4.78, 5) is 11.8. The van der Waals surface area contributed by atoms with Crippen LogP contribution >= 0.6 is 0 Å². The van der Waals surface area contributed by atoms with E-state index in [2.05, 4.69) is 0 Å². The molecule has 0 bridgehead atoms. The van der Waals surface area contributed by atoms with Crippen LogP contribution in [-0.4, -0.2) is 42.0 Å². The van der Waals surface area contributed by atoms with Crippen LogP contribution in [-0.2, 0) is 9.47 Å². The molecule has 1 aliphatic heterocycles. The molecule has 1 fully saturated rings. The first kappa shape index (κ1) is 14.0. The number of aliphatic hydroxyl groups excluding tert-OH is 1. The second-order valence-electron chi connectivity index (χ2n) is 4.82. The fourth-order valence-corrected chi connectivity index (χ4v) is 2.16. The Labute approximate surface area is 112 Å². The van der Waals surface area contributed by atoms with Crippen LogP contribution in [0.3, 0.4) is 0 Å². The van der Waals surface area contributed by atoms with Gasteiger partial charge in [0.05, 0.1) is 23.9 Å². The van der Waals surface area contributed by atoms with Crippen LogP contribution < -0.4 is 5.73 Å². The molecule has 4 atom stereocenters. The number of benzene rings is 1. The fourth-order valence-electron chi connectivity index (χ4n) is 2.16. The van der Waals surface area contributed by atoms with E-state index in [4.69, 9.17) is 15.2 Å². The Morgan fingerprint density at radius 1 is 1.47 bits per heavy atom. The average molecular weight is 265 g/mol. The molecule has 0 radical (unpaired) electrons. The SMILES string of the molecule is C[C@@H]1O[C@H](COC(=O)c2ccccc2)C[C@H](N)[C@H]1O. The van der Waals surface area contributed by atoms with E-state index < -0.39 is 6.10 Å². The zero-order valence-electron chi connectivity index (χ0n) is 10.9. The topological polar surface area (TPSA) is 81.8 Å². The molecule has 1 aliphatic rings. The largest absolute Gasteiger partial charge is 0.459 e. The third-order valence-corrected chi connectivity index (χ3v) is 3.27. The minimum absolute atomic E-state index is 0.151. The molecule has 1 saturated heterocycles. The van der Waals surface area contributed by atoms with Crippen molar-refractivity contribution in [2.45, 2.75) is 37.7 Å². The van der Waals surface area contributed by atoms with Crippen LogP contribution in [0.5, 0.6) is 0 Å². The van der Waals surface area contributed by atoms with Gasteiger partial charge in [-0.05, 0) is 25.5 Å². The Kier molecular flexibility index (Phi) is 4.52. The van der Waals surface area contributed by atoms with Crippen LogP contribution in [0.4, 0.5) is 0 Å². The average Bonchev–Trinajstić information content (AvgIpc) is 2.43. The normalized spacial score (nSPS) is 30.9. The molecule has 1 heterocycles. The van der Waals surface area contributed by atoms with E-state index in [1.807, 2.05) is 6.07 Å². The van der Waals surface area contributed by atoms with Gasteiger partial charge in [0.15, 0.2) is 0 Å². The number of rotatable bonds is 3. The summed E-state index contributed by atoms with van der Waals surface area (Å²) >= 11 is 0. The highest BCUT2D eigenvalue weighted by Crippen LogP contribution is 2.19. The summed E-state index contributed by atoms with van der Waals surface area (Å²) < 4.78 is 10.7. The van der Waals surface area contributed by atoms with Crippen LogP contribution in [0.25, 0.3) is 0 Å².